The van der Waals surface area contributed by atoms with Crippen LogP contribution in [0.15, 0.2) is 30.7 Å². The fourth-order valence-electron chi connectivity index (χ4n) is 3.18. The Labute approximate surface area is 164 Å². The summed E-state index contributed by atoms with van der Waals surface area (Å²) >= 11 is 0. The number of hydrogen-bond acceptors (Lipinski definition) is 5. The van der Waals surface area contributed by atoms with E-state index in [4.69, 9.17) is 0 Å². The van der Waals surface area contributed by atoms with Crippen molar-refractivity contribution >= 4 is 17.4 Å². The van der Waals surface area contributed by atoms with Crippen molar-refractivity contribution < 1.29 is 31.1 Å². The first-order valence-electron chi connectivity index (χ1n) is 8.57. The maximum Gasteiger partial charge on any atom is 0.417 e. The van der Waals surface area contributed by atoms with Gasteiger partial charge in [-0.15, -0.1) is 10.2 Å². The van der Waals surface area contributed by atoms with Crippen LogP contribution >= 0.6 is 0 Å². The van der Waals surface area contributed by atoms with Crippen molar-refractivity contribution in [3.05, 3.63) is 41.9 Å². The van der Waals surface area contributed by atoms with Gasteiger partial charge in [0.1, 0.15) is 18.1 Å². The summed E-state index contributed by atoms with van der Waals surface area (Å²) in [5.41, 5.74) is -3.71. The molecule has 0 saturated carbocycles. The smallest absolute Gasteiger partial charge is 0.354 e. The van der Waals surface area contributed by atoms with Gasteiger partial charge in [-0.2, -0.15) is 26.3 Å². The van der Waals surface area contributed by atoms with Crippen LogP contribution in [0.4, 0.5) is 32.3 Å². The number of hydrogen-bond donors (Lipinski definition) is 2. The van der Waals surface area contributed by atoms with Crippen molar-refractivity contribution in [3.63, 3.8) is 0 Å². The Morgan fingerprint density at radius 2 is 1.87 bits per heavy atom. The van der Waals surface area contributed by atoms with E-state index in [0.717, 1.165) is 0 Å². The zero-order valence-corrected chi connectivity index (χ0v) is 14.8. The molecule has 1 fully saturated rings. The lowest BCUT2D eigenvalue weighted by Gasteiger charge is -2.17. The lowest BCUT2D eigenvalue weighted by Crippen LogP contribution is -2.30. The maximum atomic E-state index is 13.5. The van der Waals surface area contributed by atoms with Crippen LogP contribution in [0.3, 0.4) is 0 Å². The van der Waals surface area contributed by atoms with E-state index in [1.54, 1.807) is 0 Å². The van der Waals surface area contributed by atoms with Crippen LogP contribution in [0, 0.1) is 0 Å². The standard InChI is InChI=1S/C17H12F6N6O/c18-16(19,20)8-1-2-9(10(5-8)17(21,22)23)13-12-6-24-7-29(12)15(28-27-13)26-11-3-4-25-14(11)30/h1-2,5-7,11H,3-4H2,(H,25,30)(H,26,28). The number of rotatable bonds is 3. The number of carbonyl (C=O) groups excluding carboxylic acids is 1. The molecule has 0 spiro atoms. The van der Waals surface area contributed by atoms with Gasteiger partial charge in [-0.1, -0.05) is 6.07 Å². The van der Waals surface area contributed by atoms with Crippen LogP contribution in [0.1, 0.15) is 17.5 Å². The lowest BCUT2D eigenvalue weighted by atomic mass is 10.00. The predicted octanol–water partition coefficient (Wildman–Crippen LogP) is 3.13. The fourth-order valence-corrected chi connectivity index (χ4v) is 3.18. The highest BCUT2D eigenvalue weighted by atomic mass is 19.4. The highest BCUT2D eigenvalue weighted by Crippen LogP contribution is 2.41. The second kappa shape index (κ2) is 6.85. The quantitative estimate of drug-likeness (QED) is 0.624. The molecule has 0 bridgehead atoms. The van der Waals surface area contributed by atoms with E-state index in [1.807, 2.05) is 0 Å². The van der Waals surface area contributed by atoms with Gasteiger partial charge < -0.3 is 10.6 Å². The normalized spacial score (nSPS) is 17.4. The Morgan fingerprint density at radius 3 is 2.50 bits per heavy atom. The van der Waals surface area contributed by atoms with Gasteiger partial charge in [0.15, 0.2) is 0 Å². The number of halogens is 6. The van der Waals surface area contributed by atoms with Crippen LogP contribution in [0.25, 0.3) is 16.8 Å². The van der Waals surface area contributed by atoms with E-state index in [0.29, 0.717) is 25.1 Å². The monoisotopic (exact) mass is 430 g/mol. The van der Waals surface area contributed by atoms with Crippen molar-refractivity contribution in [2.75, 3.05) is 11.9 Å². The molecule has 2 N–H and O–H groups in total. The Morgan fingerprint density at radius 1 is 1.10 bits per heavy atom. The number of nitrogens with zero attached hydrogens (tertiary/aromatic N) is 4. The first-order valence-corrected chi connectivity index (χ1v) is 8.57. The third-order valence-corrected chi connectivity index (χ3v) is 4.61. The minimum atomic E-state index is -5.06. The van der Waals surface area contributed by atoms with Crippen LogP contribution in [0.2, 0.25) is 0 Å². The van der Waals surface area contributed by atoms with E-state index in [1.165, 1.54) is 16.9 Å². The summed E-state index contributed by atoms with van der Waals surface area (Å²) in [5, 5.41) is 13.1. The molecule has 3 aromatic rings. The topological polar surface area (TPSA) is 84.2 Å². The molecule has 1 aliphatic rings. The van der Waals surface area contributed by atoms with E-state index in [2.05, 4.69) is 25.8 Å². The molecule has 1 aromatic carbocycles. The van der Waals surface area contributed by atoms with E-state index >= 15 is 0 Å². The Balaban J connectivity index is 1.83. The molecule has 1 aliphatic heterocycles. The molecule has 0 aliphatic carbocycles. The number of benzene rings is 1. The molecule has 13 heteroatoms. The summed E-state index contributed by atoms with van der Waals surface area (Å²) in [7, 11) is 0. The molecule has 0 radical (unpaired) electrons. The second-order valence-electron chi connectivity index (χ2n) is 6.55. The molecule has 1 amide bonds. The highest BCUT2D eigenvalue weighted by Gasteiger charge is 2.39. The number of alkyl halides is 6. The summed E-state index contributed by atoms with van der Waals surface area (Å²) < 4.78 is 80.6. The molecule has 3 heterocycles. The van der Waals surface area contributed by atoms with Crippen LogP contribution in [0.5, 0.6) is 0 Å². The lowest BCUT2D eigenvalue weighted by molar-refractivity contribution is -0.142. The van der Waals surface area contributed by atoms with Gasteiger partial charge in [-0.25, -0.2) is 4.98 Å². The number of anilines is 1. The van der Waals surface area contributed by atoms with Gasteiger partial charge in [0.25, 0.3) is 0 Å². The Kier molecular flexibility index (Phi) is 4.55. The summed E-state index contributed by atoms with van der Waals surface area (Å²) in [4.78, 5) is 15.6. The van der Waals surface area contributed by atoms with Crippen molar-refractivity contribution in [2.24, 2.45) is 0 Å². The van der Waals surface area contributed by atoms with Crippen molar-refractivity contribution in [2.45, 2.75) is 24.8 Å². The summed E-state index contributed by atoms with van der Waals surface area (Å²) in [6.07, 6.45) is -7.07. The van der Waals surface area contributed by atoms with Gasteiger partial charge in [-0.3, -0.25) is 9.20 Å². The zero-order chi connectivity index (χ0) is 21.7. The van der Waals surface area contributed by atoms with Crippen molar-refractivity contribution in [1.29, 1.82) is 0 Å². The molecular weight excluding hydrogens is 418 g/mol. The Hall–Kier alpha value is -3.38. The molecule has 4 rings (SSSR count). The van der Waals surface area contributed by atoms with Crippen LogP contribution in [-0.2, 0) is 17.1 Å². The third-order valence-electron chi connectivity index (χ3n) is 4.61. The average molecular weight is 430 g/mol. The first-order chi connectivity index (χ1) is 14.1. The van der Waals surface area contributed by atoms with E-state index < -0.39 is 35.1 Å². The van der Waals surface area contributed by atoms with Crippen LogP contribution < -0.4 is 10.6 Å². The molecule has 1 unspecified atom stereocenters. The molecule has 1 atom stereocenters. The minimum absolute atomic E-state index is 0.0406. The average Bonchev–Trinajstić information content (AvgIpc) is 3.30. The van der Waals surface area contributed by atoms with Gasteiger partial charge in [0, 0.05) is 12.1 Å². The maximum absolute atomic E-state index is 13.5. The summed E-state index contributed by atoms with van der Waals surface area (Å²) in [6, 6.07) is 0.695. The number of carbonyl (C=O) groups is 1. The van der Waals surface area contributed by atoms with Gasteiger partial charge in [0.05, 0.1) is 22.8 Å². The van der Waals surface area contributed by atoms with E-state index in [-0.39, 0.29) is 29.1 Å². The minimum Gasteiger partial charge on any atom is -0.354 e. The molecule has 30 heavy (non-hydrogen) atoms. The third kappa shape index (κ3) is 3.50. The molecule has 7 nitrogen and oxygen atoms in total. The SMILES string of the molecule is O=C1NCCC1Nc1nnc(-c2ccc(C(F)(F)F)cc2C(F)(F)F)c2cncn12. The van der Waals surface area contributed by atoms with Crippen molar-refractivity contribution in [3.8, 4) is 11.3 Å². The zero-order valence-electron chi connectivity index (χ0n) is 14.8. The number of fused-ring (bicyclic) bond motifs is 1. The predicted molar refractivity (Wildman–Crippen MR) is 91.3 cm³/mol. The second-order valence-corrected chi connectivity index (χ2v) is 6.55. The molecule has 1 saturated heterocycles. The molecule has 2 aromatic heterocycles. The van der Waals surface area contributed by atoms with Gasteiger partial charge >= 0.3 is 12.4 Å². The number of aromatic nitrogens is 4. The summed E-state index contributed by atoms with van der Waals surface area (Å²) in [6.45, 7) is 0.454. The number of imidazole rings is 1. The first kappa shape index (κ1) is 19.9. The van der Waals surface area contributed by atoms with Gasteiger partial charge in [0.2, 0.25) is 11.9 Å². The molecular formula is C17H12F6N6O. The Bertz CT molecular complexity index is 1120. The highest BCUT2D eigenvalue weighted by molar-refractivity contribution is 5.86. The largest absolute Gasteiger partial charge is 0.417 e. The van der Waals surface area contributed by atoms with E-state index in [9.17, 15) is 31.1 Å². The van der Waals surface area contributed by atoms with Crippen molar-refractivity contribution in [1.82, 2.24) is 24.9 Å². The summed E-state index contributed by atoms with van der Waals surface area (Å²) in [5.74, 6) is -0.204. The van der Waals surface area contributed by atoms with Gasteiger partial charge in [-0.05, 0) is 18.6 Å². The molecule has 158 valence electrons. The van der Waals surface area contributed by atoms with Crippen LogP contribution in [-0.4, -0.2) is 38.1 Å². The number of amides is 1. The number of nitrogens with one attached hydrogen (secondary N) is 2. The fraction of sp³-hybridized carbons (Fsp3) is 0.294.